The van der Waals surface area contributed by atoms with Crippen LogP contribution in [-0.2, 0) is 14.3 Å². The Balaban J connectivity index is 3.48. The van der Waals surface area contributed by atoms with Gasteiger partial charge in [0.2, 0.25) is 11.2 Å². The van der Waals surface area contributed by atoms with Gasteiger partial charge in [-0.25, -0.2) is 0 Å². The molecule has 0 unspecified atom stereocenters. The molecule has 0 amide bonds. The average molecular weight is 226 g/mol. The van der Waals surface area contributed by atoms with Crippen molar-refractivity contribution in [1.29, 1.82) is 0 Å². The molecule has 3 nitrogen and oxygen atoms in total. The summed E-state index contributed by atoms with van der Waals surface area (Å²) in [5, 5.41) is 0. The molecule has 12 heavy (non-hydrogen) atoms. The van der Waals surface area contributed by atoms with Crippen LogP contribution in [0.15, 0.2) is 0 Å². The summed E-state index contributed by atoms with van der Waals surface area (Å²) in [5.74, 6) is -0.942. The lowest BCUT2D eigenvalue weighted by Crippen LogP contribution is -2.05. The van der Waals surface area contributed by atoms with Crippen molar-refractivity contribution in [2.45, 2.75) is 6.42 Å². The second-order valence-corrected chi connectivity index (χ2v) is 5.14. The quantitative estimate of drug-likeness (QED) is 0.530. The minimum Gasteiger partial charge on any atom is -0.270 e. The number of halogens is 3. The number of hydrogen-bond acceptors (Lipinski definition) is 3. The first kappa shape index (κ1) is 12.0. The van der Waals surface area contributed by atoms with Gasteiger partial charge in [-0.1, -0.05) is 0 Å². The molecule has 0 aromatic rings. The fourth-order valence-electron chi connectivity index (χ4n) is 0.433. The highest BCUT2D eigenvalue weighted by atomic mass is 32.3. The van der Waals surface area contributed by atoms with E-state index < -0.39 is 33.7 Å². The van der Waals surface area contributed by atoms with Crippen molar-refractivity contribution in [2.24, 2.45) is 0 Å². The highest BCUT2D eigenvalue weighted by Crippen LogP contribution is 2.53. The second-order valence-electron chi connectivity index (χ2n) is 2.09. The number of rotatable bonds is 5. The molecule has 0 spiro atoms. The van der Waals surface area contributed by atoms with Crippen molar-refractivity contribution >= 4 is 21.3 Å². The van der Waals surface area contributed by atoms with Crippen molar-refractivity contribution < 1.29 is 24.3 Å². The van der Waals surface area contributed by atoms with Crippen LogP contribution in [-0.4, -0.2) is 27.0 Å². The smallest absolute Gasteiger partial charge is 0.264 e. The van der Waals surface area contributed by atoms with Gasteiger partial charge in [0, 0.05) is 0 Å². The monoisotopic (exact) mass is 226 g/mol. The molecule has 0 aliphatic rings. The molecule has 0 N–H and O–H groups in total. The largest absolute Gasteiger partial charge is 0.270 e. The van der Waals surface area contributed by atoms with E-state index in [1.165, 1.54) is 0 Å². The van der Waals surface area contributed by atoms with Gasteiger partial charge in [0.1, 0.15) is 0 Å². The molecule has 0 radical (unpaired) electrons. The normalized spacial score (nSPS) is 14.7. The lowest BCUT2D eigenvalue weighted by molar-refractivity contribution is 0.321. The third-order valence-electron chi connectivity index (χ3n) is 0.818. The van der Waals surface area contributed by atoms with Crippen LogP contribution in [0, 0.1) is 0 Å². The molecule has 0 aliphatic heterocycles. The third kappa shape index (κ3) is 10.0. The maximum Gasteiger partial charge on any atom is 0.264 e. The summed E-state index contributed by atoms with van der Waals surface area (Å²) in [4.78, 5) is 0. The van der Waals surface area contributed by atoms with E-state index in [1.54, 1.807) is 0 Å². The maximum atomic E-state index is 11.6. The van der Waals surface area contributed by atoms with Crippen LogP contribution >= 0.6 is 11.2 Å². The summed E-state index contributed by atoms with van der Waals surface area (Å²) in [5.41, 5.74) is 0. The first-order chi connectivity index (χ1) is 5.21. The van der Waals surface area contributed by atoms with Gasteiger partial charge in [0.05, 0.1) is 18.6 Å². The summed E-state index contributed by atoms with van der Waals surface area (Å²) in [6.45, 7) is -0.397. The Kier molecular flexibility index (Phi) is 4.35. The van der Waals surface area contributed by atoms with Crippen LogP contribution in [0.4, 0.5) is 11.7 Å². The Labute approximate surface area is 71.2 Å². The highest BCUT2D eigenvalue weighted by molar-refractivity contribution is 8.20. The molecule has 0 heterocycles. The number of hydrogen-bond donors (Lipinski definition) is 0. The van der Waals surface area contributed by atoms with E-state index in [1.807, 2.05) is 0 Å². The van der Waals surface area contributed by atoms with E-state index in [2.05, 4.69) is 4.18 Å². The van der Waals surface area contributed by atoms with Gasteiger partial charge >= 0.3 is 0 Å². The van der Waals surface area contributed by atoms with E-state index in [-0.39, 0.29) is 6.42 Å². The molecule has 0 aromatic carbocycles. The van der Waals surface area contributed by atoms with Crippen molar-refractivity contribution in [2.75, 3.05) is 18.6 Å². The van der Waals surface area contributed by atoms with Crippen molar-refractivity contribution in [3.05, 3.63) is 0 Å². The topological polar surface area (TPSA) is 43.4 Å². The average Bonchev–Trinajstić information content (AvgIpc) is 1.76. The fraction of sp³-hybridized carbons (Fsp3) is 1.00. The predicted molar refractivity (Wildman–Crippen MR) is 41.2 cm³/mol. The first-order valence-electron chi connectivity index (χ1n) is 2.95. The second kappa shape index (κ2) is 4.33. The summed E-state index contributed by atoms with van der Waals surface area (Å²) in [7, 11) is -3.60. The van der Waals surface area contributed by atoms with Crippen LogP contribution < -0.4 is 0 Å². The molecule has 76 valence electrons. The van der Waals surface area contributed by atoms with Crippen LogP contribution in [0.1, 0.15) is 6.42 Å². The van der Waals surface area contributed by atoms with Gasteiger partial charge in [0.25, 0.3) is 10.1 Å². The Hall–Kier alpha value is 0.0500. The van der Waals surface area contributed by atoms with Crippen LogP contribution in [0.3, 0.4) is 0 Å². The summed E-state index contributed by atoms with van der Waals surface area (Å²) < 4.78 is 59.3. The molecule has 0 bridgehead atoms. The van der Waals surface area contributed by atoms with Crippen LogP contribution in [0.5, 0.6) is 0 Å². The zero-order chi connectivity index (χ0) is 9.83. The van der Waals surface area contributed by atoms with Crippen molar-refractivity contribution in [3.63, 3.8) is 0 Å². The first-order valence-corrected chi connectivity index (χ1v) is 6.27. The third-order valence-corrected chi connectivity index (χ3v) is 2.16. The molecule has 8 heteroatoms. The molecule has 0 rings (SSSR count). The van der Waals surface area contributed by atoms with Gasteiger partial charge in [-0.2, -0.15) is 8.42 Å². The molecule has 0 aromatic heterocycles. The van der Waals surface area contributed by atoms with E-state index in [0.29, 0.717) is 0 Å². The van der Waals surface area contributed by atoms with Crippen molar-refractivity contribution in [3.8, 4) is 0 Å². The van der Waals surface area contributed by atoms with E-state index in [4.69, 9.17) is 0 Å². The molecular formula is C4H9F3O3S2. The Morgan fingerprint density at radius 1 is 1.25 bits per heavy atom. The standard InChI is InChI=1S/C4H9F3O3S2/c1-11(8,9)10-3-2-4-12(5,6)7/h2-4H2,1H3. The van der Waals surface area contributed by atoms with E-state index in [9.17, 15) is 20.1 Å². The van der Waals surface area contributed by atoms with E-state index in [0.717, 1.165) is 6.26 Å². The zero-order valence-electron chi connectivity index (χ0n) is 6.30. The fourth-order valence-corrected chi connectivity index (χ4v) is 1.30. The lowest BCUT2D eigenvalue weighted by atomic mass is 10.5. The van der Waals surface area contributed by atoms with Crippen molar-refractivity contribution in [1.82, 2.24) is 0 Å². The maximum absolute atomic E-state index is 11.6. The molecule has 0 saturated carbocycles. The lowest BCUT2D eigenvalue weighted by Gasteiger charge is -2.08. The molecule has 0 atom stereocenters. The van der Waals surface area contributed by atoms with Gasteiger partial charge in [-0.05, 0) is 6.42 Å². The minimum absolute atomic E-state index is 0.300. The van der Waals surface area contributed by atoms with E-state index >= 15 is 0 Å². The SMILES string of the molecule is CS(=O)(=O)OCCCS(F)(F)F. The molecule has 0 aliphatic carbocycles. The summed E-state index contributed by atoms with van der Waals surface area (Å²) in [6.07, 6.45) is 0.499. The van der Waals surface area contributed by atoms with Gasteiger partial charge in [-0.3, -0.25) is 4.18 Å². The zero-order valence-corrected chi connectivity index (χ0v) is 7.93. The van der Waals surface area contributed by atoms with Crippen LogP contribution in [0.25, 0.3) is 0 Å². The highest BCUT2D eigenvalue weighted by Gasteiger charge is 2.19. The molecule has 0 fully saturated rings. The van der Waals surface area contributed by atoms with Crippen LogP contribution in [0.2, 0.25) is 0 Å². The van der Waals surface area contributed by atoms with Gasteiger partial charge in [-0.15, -0.1) is 11.7 Å². The Morgan fingerprint density at radius 3 is 2.08 bits per heavy atom. The summed E-state index contributed by atoms with van der Waals surface area (Å²) in [6, 6.07) is 0. The Morgan fingerprint density at radius 2 is 1.75 bits per heavy atom. The molecular weight excluding hydrogens is 217 g/mol. The Bertz CT molecular complexity index is 220. The van der Waals surface area contributed by atoms with Gasteiger partial charge in [0.15, 0.2) is 0 Å². The van der Waals surface area contributed by atoms with Gasteiger partial charge < -0.3 is 0 Å². The predicted octanol–water partition coefficient (Wildman–Crippen LogP) is 1.81. The summed E-state index contributed by atoms with van der Waals surface area (Å²) >= 11 is -5.02. The molecule has 0 saturated heterocycles. The minimum atomic E-state index is -5.02.